The number of imidazole rings is 1. The van der Waals surface area contributed by atoms with E-state index in [1.165, 1.54) is 13.4 Å². The van der Waals surface area contributed by atoms with Crippen molar-refractivity contribution in [3.8, 4) is 11.6 Å². The Kier molecular flexibility index (Phi) is 3.37. The van der Waals surface area contributed by atoms with Crippen molar-refractivity contribution in [3.05, 3.63) is 39.3 Å². The molecule has 0 saturated heterocycles. The smallest absolute Gasteiger partial charge is 0.242 e. The zero-order valence-corrected chi connectivity index (χ0v) is 12.6. The van der Waals surface area contributed by atoms with Gasteiger partial charge in [0.05, 0.1) is 22.8 Å². The average Bonchev–Trinajstić information content (AvgIpc) is 2.78. The third kappa shape index (κ3) is 2.06. The number of halogens is 2. The standard InChI is InChI=1S/C12H8Cl2N4OS/c1-19-11-9-10(15-5-16-11)18(12(20)17-9)6-2-3-7(13)8(14)4-6/h2-5H,1H3,(H,17,20). The fraction of sp³-hybridized carbons (Fsp3) is 0.0833. The number of H-pyrrole nitrogens is 1. The molecule has 0 amide bonds. The highest BCUT2D eigenvalue weighted by atomic mass is 35.5. The first-order valence-electron chi connectivity index (χ1n) is 5.57. The van der Waals surface area contributed by atoms with E-state index < -0.39 is 0 Å². The molecule has 0 atom stereocenters. The van der Waals surface area contributed by atoms with Gasteiger partial charge in [-0.1, -0.05) is 23.2 Å². The molecule has 5 nitrogen and oxygen atoms in total. The molecule has 0 radical (unpaired) electrons. The molecule has 0 aliphatic heterocycles. The van der Waals surface area contributed by atoms with Gasteiger partial charge in [0, 0.05) is 0 Å². The number of ether oxygens (including phenoxy) is 1. The molecule has 8 heteroatoms. The van der Waals surface area contributed by atoms with E-state index in [1.807, 2.05) is 6.07 Å². The van der Waals surface area contributed by atoms with E-state index in [1.54, 1.807) is 16.7 Å². The van der Waals surface area contributed by atoms with Crippen LogP contribution in [0.2, 0.25) is 10.0 Å². The lowest BCUT2D eigenvalue weighted by Gasteiger charge is -2.05. The SMILES string of the molecule is COc1ncnc2c1[nH]c(=S)n2-c1ccc(Cl)c(Cl)c1. The maximum atomic E-state index is 6.05. The summed E-state index contributed by atoms with van der Waals surface area (Å²) >= 11 is 17.3. The first kappa shape index (κ1) is 13.4. The van der Waals surface area contributed by atoms with Gasteiger partial charge in [0.2, 0.25) is 5.88 Å². The van der Waals surface area contributed by atoms with Crippen LogP contribution in [-0.4, -0.2) is 26.6 Å². The molecule has 0 unspecified atom stereocenters. The van der Waals surface area contributed by atoms with Crippen LogP contribution >= 0.6 is 35.4 Å². The Balaban J connectivity index is 2.33. The fourth-order valence-corrected chi connectivity index (χ4v) is 2.50. The van der Waals surface area contributed by atoms with Gasteiger partial charge in [-0.05, 0) is 30.4 Å². The highest BCUT2D eigenvalue weighted by molar-refractivity contribution is 7.71. The van der Waals surface area contributed by atoms with E-state index in [0.29, 0.717) is 31.9 Å². The Hall–Kier alpha value is -1.63. The van der Waals surface area contributed by atoms with Gasteiger partial charge in [-0.2, -0.15) is 4.98 Å². The minimum Gasteiger partial charge on any atom is -0.479 e. The molecule has 0 aliphatic carbocycles. The van der Waals surface area contributed by atoms with Crippen molar-refractivity contribution in [1.29, 1.82) is 0 Å². The third-order valence-electron chi connectivity index (χ3n) is 2.79. The lowest BCUT2D eigenvalue weighted by Crippen LogP contribution is -1.97. The topological polar surface area (TPSA) is 55.7 Å². The molecule has 20 heavy (non-hydrogen) atoms. The van der Waals surface area contributed by atoms with Crippen molar-refractivity contribution in [2.45, 2.75) is 0 Å². The van der Waals surface area contributed by atoms with Crippen LogP contribution in [0.3, 0.4) is 0 Å². The summed E-state index contributed by atoms with van der Waals surface area (Å²) in [6.07, 6.45) is 1.41. The van der Waals surface area contributed by atoms with Crippen LogP contribution in [0.4, 0.5) is 0 Å². The highest BCUT2D eigenvalue weighted by Gasteiger charge is 2.13. The number of methoxy groups -OCH3 is 1. The van der Waals surface area contributed by atoms with Crippen molar-refractivity contribution >= 4 is 46.6 Å². The van der Waals surface area contributed by atoms with E-state index in [0.717, 1.165) is 5.69 Å². The van der Waals surface area contributed by atoms with E-state index in [4.69, 9.17) is 40.2 Å². The number of aromatic amines is 1. The minimum atomic E-state index is 0.430. The van der Waals surface area contributed by atoms with Crippen LogP contribution in [0.1, 0.15) is 0 Å². The molecule has 1 aromatic carbocycles. The van der Waals surface area contributed by atoms with Gasteiger partial charge in [-0.3, -0.25) is 4.57 Å². The zero-order valence-electron chi connectivity index (χ0n) is 10.2. The molecule has 2 aromatic heterocycles. The lowest BCUT2D eigenvalue weighted by molar-refractivity contribution is 0.401. The summed E-state index contributed by atoms with van der Waals surface area (Å²) in [5.74, 6) is 0.430. The molecule has 0 saturated carbocycles. The van der Waals surface area contributed by atoms with Gasteiger partial charge in [0.15, 0.2) is 10.4 Å². The fourth-order valence-electron chi connectivity index (χ4n) is 1.92. The van der Waals surface area contributed by atoms with Gasteiger partial charge in [0.25, 0.3) is 0 Å². The van der Waals surface area contributed by atoms with Crippen LogP contribution < -0.4 is 4.74 Å². The van der Waals surface area contributed by atoms with Crippen LogP contribution in [0.15, 0.2) is 24.5 Å². The van der Waals surface area contributed by atoms with Crippen LogP contribution in [0.25, 0.3) is 16.9 Å². The molecule has 102 valence electrons. The highest BCUT2D eigenvalue weighted by Crippen LogP contribution is 2.28. The number of fused-ring (bicyclic) bond motifs is 1. The second-order valence-electron chi connectivity index (χ2n) is 3.95. The van der Waals surface area contributed by atoms with Crippen LogP contribution in [-0.2, 0) is 0 Å². The Morgan fingerprint density at radius 2 is 2.05 bits per heavy atom. The number of nitrogens with zero attached hydrogens (tertiary/aromatic N) is 3. The van der Waals surface area contributed by atoms with Crippen molar-refractivity contribution < 1.29 is 4.74 Å². The number of nitrogens with one attached hydrogen (secondary N) is 1. The number of aromatic nitrogens is 4. The predicted molar refractivity (Wildman–Crippen MR) is 80.6 cm³/mol. The molecule has 0 aliphatic rings. The Bertz CT molecular complexity index is 858. The molecule has 2 heterocycles. The Labute approximate surface area is 129 Å². The third-order valence-corrected chi connectivity index (χ3v) is 3.82. The largest absolute Gasteiger partial charge is 0.479 e. The molecule has 0 fully saturated rings. The quantitative estimate of drug-likeness (QED) is 0.728. The number of benzene rings is 1. The zero-order chi connectivity index (χ0) is 14.3. The van der Waals surface area contributed by atoms with Gasteiger partial charge in [-0.15, -0.1) is 0 Å². The summed E-state index contributed by atoms with van der Waals surface area (Å²) in [4.78, 5) is 11.3. The second-order valence-corrected chi connectivity index (χ2v) is 5.15. The first-order chi connectivity index (χ1) is 9.61. The predicted octanol–water partition coefficient (Wildman–Crippen LogP) is 3.79. The van der Waals surface area contributed by atoms with Crippen molar-refractivity contribution in [1.82, 2.24) is 19.5 Å². The Morgan fingerprint density at radius 3 is 2.75 bits per heavy atom. The molecular weight excluding hydrogens is 319 g/mol. The molecule has 3 aromatic rings. The van der Waals surface area contributed by atoms with Crippen molar-refractivity contribution in [2.24, 2.45) is 0 Å². The van der Waals surface area contributed by atoms with Gasteiger partial charge in [-0.25, -0.2) is 4.98 Å². The van der Waals surface area contributed by atoms with E-state index in [-0.39, 0.29) is 0 Å². The summed E-state index contributed by atoms with van der Waals surface area (Å²) in [5.41, 5.74) is 2.00. The molecule has 1 N–H and O–H groups in total. The molecule has 0 bridgehead atoms. The van der Waals surface area contributed by atoms with Gasteiger partial charge >= 0.3 is 0 Å². The molecule has 3 rings (SSSR count). The summed E-state index contributed by atoms with van der Waals surface area (Å²) in [6, 6.07) is 5.24. The number of hydrogen-bond acceptors (Lipinski definition) is 4. The lowest BCUT2D eigenvalue weighted by atomic mass is 10.3. The summed E-state index contributed by atoms with van der Waals surface area (Å²) in [5, 5.41) is 0.926. The van der Waals surface area contributed by atoms with Gasteiger partial charge < -0.3 is 9.72 Å². The maximum Gasteiger partial charge on any atom is 0.242 e. The summed E-state index contributed by atoms with van der Waals surface area (Å²) < 4.78 is 7.40. The summed E-state index contributed by atoms with van der Waals surface area (Å²) in [6.45, 7) is 0. The normalized spacial score (nSPS) is 10.9. The number of rotatable bonds is 2. The molecular formula is C12H8Cl2N4OS. The summed E-state index contributed by atoms with van der Waals surface area (Å²) in [7, 11) is 1.54. The average molecular weight is 327 g/mol. The first-order valence-corrected chi connectivity index (χ1v) is 6.73. The molecule has 0 spiro atoms. The van der Waals surface area contributed by atoms with E-state index >= 15 is 0 Å². The Morgan fingerprint density at radius 1 is 1.25 bits per heavy atom. The van der Waals surface area contributed by atoms with Crippen LogP contribution in [0, 0.1) is 4.77 Å². The van der Waals surface area contributed by atoms with Gasteiger partial charge in [0.1, 0.15) is 11.8 Å². The monoisotopic (exact) mass is 326 g/mol. The van der Waals surface area contributed by atoms with Crippen LogP contribution in [0.5, 0.6) is 5.88 Å². The van der Waals surface area contributed by atoms with Crippen molar-refractivity contribution in [3.63, 3.8) is 0 Å². The van der Waals surface area contributed by atoms with E-state index in [2.05, 4.69) is 15.0 Å². The number of hydrogen-bond donors (Lipinski definition) is 1. The second kappa shape index (κ2) is 5.05. The minimum absolute atomic E-state index is 0.430. The van der Waals surface area contributed by atoms with Crippen molar-refractivity contribution in [2.75, 3.05) is 7.11 Å². The maximum absolute atomic E-state index is 6.05. The van der Waals surface area contributed by atoms with E-state index in [9.17, 15) is 0 Å².